The zero-order valence-electron chi connectivity index (χ0n) is 16.8. The minimum absolute atomic E-state index is 0.0193. The minimum Gasteiger partial charge on any atom is -0.294 e. The summed E-state index contributed by atoms with van der Waals surface area (Å²) < 4.78 is 0. The van der Waals surface area contributed by atoms with E-state index in [9.17, 15) is 9.59 Å². The number of benzene rings is 2. The van der Waals surface area contributed by atoms with Crippen molar-refractivity contribution in [2.75, 3.05) is 4.90 Å². The van der Waals surface area contributed by atoms with Crippen LogP contribution in [0.5, 0.6) is 0 Å². The Labute approximate surface area is 181 Å². The molecule has 1 aliphatic heterocycles. The maximum absolute atomic E-state index is 13.3. The van der Waals surface area contributed by atoms with Crippen molar-refractivity contribution in [3.05, 3.63) is 74.9 Å². The number of ketones is 1. The molecule has 0 spiro atoms. The molecule has 1 unspecified atom stereocenters. The largest absolute Gasteiger partial charge is 0.294 e. The first kappa shape index (κ1) is 20.2. The highest BCUT2D eigenvalue weighted by Gasteiger charge is 2.44. The van der Waals surface area contributed by atoms with Crippen LogP contribution in [0.4, 0.5) is 5.69 Å². The van der Waals surface area contributed by atoms with Crippen LogP contribution in [0.2, 0.25) is 10.0 Å². The van der Waals surface area contributed by atoms with Gasteiger partial charge in [-0.05, 0) is 48.6 Å². The molecule has 0 saturated carbocycles. The molecule has 29 heavy (non-hydrogen) atoms. The van der Waals surface area contributed by atoms with Gasteiger partial charge >= 0.3 is 0 Å². The standard InChI is InChI=1S/C24H23Cl2NO2/c1-14-4-7-16(8-5-14)27-20-12-24(2,3)13-21(28)23(20)18(11-22(27)29)17-9-6-15(25)10-19(17)26/h4-10,18H,11-13H2,1-3H3. The first-order valence-electron chi connectivity index (χ1n) is 9.77. The first-order valence-corrected chi connectivity index (χ1v) is 10.5. The quantitative estimate of drug-likeness (QED) is 0.550. The number of aryl methyl sites for hydroxylation is 1. The second-order valence-corrected chi connectivity index (χ2v) is 9.63. The lowest BCUT2D eigenvalue weighted by Gasteiger charge is -2.43. The van der Waals surface area contributed by atoms with Crippen LogP contribution in [0, 0.1) is 12.3 Å². The summed E-state index contributed by atoms with van der Waals surface area (Å²) in [5, 5.41) is 1.02. The number of carbonyl (C=O) groups is 2. The summed E-state index contributed by atoms with van der Waals surface area (Å²) >= 11 is 12.5. The van der Waals surface area contributed by atoms with Crippen molar-refractivity contribution in [1.29, 1.82) is 0 Å². The van der Waals surface area contributed by atoms with E-state index >= 15 is 0 Å². The average molecular weight is 428 g/mol. The Bertz CT molecular complexity index is 1040. The number of anilines is 1. The number of Topliss-reactive ketones (excluding diaryl/α,β-unsaturated/α-hetero) is 1. The lowest BCUT2D eigenvalue weighted by Crippen LogP contribution is -2.43. The predicted molar refractivity (Wildman–Crippen MR) is 118 cm³/mol. The normalized spacial score (nSPS) is 21.4. The van der Waals surface area contributed by atoms with Crippen molar-refractivity contribution in [2.45, 2.75) is 46.0 Å². The molecule has 2 aromatic rings. The average Bonchev–Trinajstić information content (AvgIpc) is 2.61. The highest BCUT2D eigenvalue weighted by Crippen LogP contribution is 2.49. The van der Waals surface area contributed by atoms with Gasteiger partial charge in [0.25, 0.3) is 0 Å². The van der Waals surface area contributed by atoms with Crippen molar-refractivity contribution < 1.29 is 9.59 Å². The van der Waals surface area contributed by atoms with E-state index in [1.54, 1.807) is 17.0 Å². The molecule has 3 nitrogen and oxygen atoms in total. The highest BCUT2D eigenvalue weighted by atomic mass is 35.5. The zero-order valence-corrected chi connectivity index (χ0v) is 18.3. The number of allylic oxidation sites excluding steroid dienone is 2. The fourth-order valence-electron chi connectivity index (χ4n) is 4.46. The summed E-state index contributed by atoms with van der Waals surface area (Å²) in [4.78, 5) is 28.3. The number of nitrogens with zero attached hydrogens (tertiary/aromatic N) is 1. The zero-order chi connectivity index (χ0) is 20.9. The minimum atomic E-state index is -0.340. The van der Waals surface area contributed by atoms with Gasteiger partial charge in [0.15, 0.2) is 5.78 Å². The maximum atomic E-state index is 13.3. The van der Waals surface area contributed by atoms with Crippen molar-refractivity contribution in [3.63, 3.8) is 0 Å². The van der Waals surface area contributed by atoms with Gasteiger partial charge in [0.1, 0.15) is 0 Å². The molecule has 1 heterocycles. The number of carbonyl (C=O) groups excluding carboxylic acids is 2. The summed E-state index contributed by atoms with van der Waals surface area (Å²) in [7, 11) is 0. The van der Waals surface area contributed by atoms with Gasteiger partial charge in [0.2, 0.25) is 5.91 Å². The third-order valence-corrected chi connectivity index (χ3v) is 6.34. The van der Waals surface area contributed by atoms with E-state index in [2.05, 4.69) is 13.8 Å². The Balaban J connectivity index is 1.91. The number of hydrogen-bond acceptors (Lipinski definition) is 2. The Hall–Kier alpha value is -2.10. The maximum Gasteiger partial charge on any atom is 0.232 e. The Kier molecular flexibility index (Phi) is 5.08. The summed E-state index contributed by atoms with van der Waals surface area (Å²) in [6.45, 7) is 6.16. The van der Waals surface area contributed by atoms with Gasteiger partial charge < -0.3 is 0 Å². The van der Waals surface area contributed by atoms with E-state index in [1.807, 2.05) is 37.3 Å². The molecular formula is C24H23Cl2NO2. The lowest BCUT2D eigenvalue weighted by atomic mass is 9.69. The molecule has 5 heteroatoms. The molecule has 1 atom stereocenters. The monoisotopic (exact) mass is 427 g/mol. The van der Waals surface area contributed by atoms with Gasteiger partial charge in [-0.15, -0.1) is 0 Å². The van der Waals surface area contributed by atoms with Crippen LogP contribution in [0.1, 0.15) is 50.2 Å². The molecule has 1 amide bonds. The van der Waals surface area contributed by atoms with Crippen molar-refractivity contribution >= 4 is 40.6 Å². The predicted octanol–water partition coefficient (Wildman–Crippen LogP) is 6.47. The Morgan fingerprint density at radius 1 is 1.00 bits per heavy atom. The second kappa shape index (κ2) is 7.30. The fourth-order valence-corrected chi connectivity index (χ4v) is 5.00. The molecule has 0 fully saturated rings. The smallest absolute Gasteiger partial charge is 0.232 e. The van der Waals surface area contributed by atoms with E-state index in [1.165, 1.54) is 0 Å². The van der Waals surface area contributed by atoms with E-state index in [4.69, 9.17) is 23.2 Å². The van der Waals surface area contributed by atoms with Crippen molar-refractivity contribution in [2.24, 2.45) is 5.41 Å². The van der Waals surface area contributed by atoms with Crippen LogP contribution in [0.25, 0.3) is 0 Å². The second-order valence-electron chi connectivity index (χ2n) is 8.79. The van der Waals surface area contributed by atoms with Gasteiger partial charge in [0.05, 0.1) is 0 Å². The number of hydrogen-bond donors (Lipinski definition) is 0. The molecular weight excluding hydrogens is 405 g/mol. The van der Waals surface area contributed by atoms with E-state index < -0.39 is 0 Å². The molecule has 0 aromatic heterocycles. The molecule has 150 valence electrons. The fraction of sp³-hybridized carbons (Fsp3) is 0.333. The van der Waals surface area contributed by atoms with Gasteiger partial charge in [-0.1, -0.05) is 60.8 Å². The van der Waals surface area contributed by atoms with Crippen molar-refractivity contribution in [3.8, 4) is 0 Å². The Morgan fingerprint density at radius 3 is 2.34 bits per heavy atom. The summed E-state index contributed by atoms with van der Waals surface area (Å²) in [6.07, 6.45) is 1.33. The van der Waals surface area contributed by atoms with Gasteiger partial charge in [-0.2, -0.15) is 0 Å². The molecule has 2 aliphatic rings. The van der Waals surface area contributed by atoms with E-state index in [0.717, 1.165) is 22.5 Å². The van der Waals surface area contributed by atoms with Crippen LogP contribution in [-0.2, 0) is 9.59 Å². The molecule has 0 bridgehead atoms. The summed E-state index contributed by atoms with van der Waals surface area (Å²) in [5.41, 5.74) is 4.03. The molecule has 1 aliphatic carbocycles. The van der Waals surface area contributed by atoms with Crippen LogP contribution in [-0.4, -0.2) is 11.7 Å². The van der Waals surface area contributed by atoms with E-state index in [-0.39, 0.29) is 29.4 Å². The number of rotatable bonds is 2. The lowest BCUT2D eigenvalue weighted by molar-refractivity contribution is -0.121. The summed E-state index contributed by atoms with van der Waals surface area (Å²) in [5.74, 6) is -0.265. The molecule has 0 saturated heterocycles. The van der Waals surface area contributed by atoms with Crippen LogP contribution >= 0.6 is 23.2 Å². The van der Waals surface area contributed by atoms with Crippen molar-refractivity contribution in [1.82, 2.24) is 0 Å². The van der Waals surface area contributed by atoms with Gasteiger partial charge in [0, 0.05) is 45.8 Å². The SMILES string of the molecule is Cc1ccc(N2C(=O)CC(c3ccc(Cl)cc3Cl)C3=C2CC(C)(C)CC3=O)cc1. The molecule has 2 aromatic carbocycles. The summed E-state index contributed by atoms with van der Waals surface area (Å²) in [6, 6.07) is 13.1. The van der Waals surface area contributed by atoms with Crippen LogP contribution < -0.4 is 4.90 Å². The van der Waals surface area contributed by atoms with Crippen LogP contribution in [0.15, 0.2) is 53.7 Å². The molecule has 0 radical (unpaired) electrons. The van der Waals surface area contributed by atoms with Gasteiger partial charge in [-0.3, -0.25) is 14.5 Å². The van der Waals surface area contributed by atoms with Crippen LogP contribution in [0.3, 0.4) is 0 Å². The first-order chi connectivity index (χ1) is 13.7. The van der Waals surface area contributed by atoms with E-state index in [0.29, 0.717) is 28.5 Å². The molecule has 0 N–H and O–H groups in total. The Morgan fingerprint density at radius 2 is 1.69 bits per heavy atom. The third kappa shape index (κ3) is 3.74. The molecule has 4 rings (SSSR count). The highest BCUT2D eigenvalue weighted by molar-refractivity contribution is 6.35. The van der Waals surface area contributed by atoms with Gasteiger partial charge in [-0.25, -0.2) is 0 Å². The number of halogens is 2. The third-order valence-electron chi connectivity index (χ3n) is 5.77. The topological polar surface area (TPSA) is 37.4 Å². The number of amides is 1.